The standard InChI is InChI=1S/C31H43NO5/c1-3-9-22-18-25-29(31(37)32(30(25)36)23-11-6-5-7-12-23)26(19-33)28(22)27(35)15-14-20(4-2)16-21-10-8-13-24(34)17-21/h8,10,13,16-17,23,25-27,29,33-35H,3-7,9,11-12,14-15,18-19H2,1-2H3/b20-16+/t25-,26+,27-,29-/m1/s1. The van der Waals surface area contributed by atoms with E-state index in [-0.39, 0.29) is 30.2 Å². The second-order valence-electron chi connectivity index (χ2n) is 11.1. The minimum Gasteiger partial charge on any atom is -0.508 e. The van der Waals surface area contributed by atoms with Crippen LogP contribution in [0.1, 0.15) is 90.0 Å². The first-order valence-electron chi connectivity index (χ1n) is 14.3. The van der Waals surface area contributed by atoms with E-state index in [1.807, 2.05) is 12.1 Å². The summed E-state index contributed by atoms with van der Waals surface area (Å²) in [6.45, 7) is 3.92. The highest BCUT2D eigenvalue weighted by molar-refractivity contribution is 6.06. The lowest BCUT2D eigenvalue weighted by molar-refractivity contribution is -0.143. The molecule has 2 amide bonds. The van der Waals surface area contributed by atoms with Crippen molar-refractivity contribution in [2.75, 3.05) is 6.61 Å². The second kappa shape index (κ2) is 12.4. The fourth-order valence-electron chi connectivity index (χ4n) is 6.90. The van der Waals surface area contributed by atoms with Gasteiger partial charge in [-0.15, -0.1) is 0 Å². The Bertz CT molecular complexity index is 1040. The van der Waals surface area contributed by atoms with Crippen LogP contribution in [0.4, 0.5) is 0 Å². The van der Waals surface area contributed by atoms with Gasteiger partial charge in [-0.1, -0.05) is 68.9 Å². The van der Waals surface area contributed by atoms with Crippen LogP contribution in [-0.2, 0) is 9.59 Å². The summed E-state index contributed by atoms with van der Waals surface area (Å²) < 4.78 is 0. The third-order valence-electron chi connectivity index (χ3n) is 8.70. The monoisotopic (exact) mass is 509 g/mol. The molecule has 202 valence electrons. The number of carbonyl (C=O) groups is 2. The fraction of sp³-hybridized carbons (Fsp3) is 0.613. The number of nitrogens with zero attached hydrogens (tertiary/aromatic N) is 1. The van der Waals surface area contributed by atoms with Gasteiger partial charge < -0.3 is 15.3 Å². The molecule has 1 saturated heterocycles. The Balaban J connectivity index is 1.56. The molecule has 37 heavy (non-hydrogen) atoms. The molecular weight excluding hydrogens is 466 g/mol. The normalized spacial score (nSPS) is 26.1. The molecule has 2 fully saturated rings. The van der Waals surface area contributed by atoms with Crippen molar-refractivity contribution in [1.82, 2.24) is 4.90 Å². The second-order valence-corrected chi connectivity index (χ2v) is 11.1. The predicted octanol–water partition coefficient (Wildman–Crippen LogP) is 5.37. The third kappa shape index (κ3) is 5.85. The molecule has 0 radical (unpaired) electrons. The average molecular weight is 510 g/mol. The van der Waals surface area contributed by atoms with Crippen LogP contribution in [-0.4, -0.2) is 50.8 Å². The molecule has 0 unspecified atom stereocenters. The van der Waals surface area contributed by atoms with Crippen LogP contribution in [0.5, 0.6) is 5.75 Å². The molecule has 4 atom stereocenters. The number of phenolic OH excluding ortho intramolecular Hbond substituents is 1. The van der Waals surface area contributed by atoms with E-state index in [1.54, 1.807) is 17.0 Å². The number of benzene rings is 1. The maximum Gasteiger partial charge on any atom is 0.234 e. The van der Waals surface area contributed by atoms with Crippen molar-refractivity contribution in [3.8, 4) is 5.75 Å². The molecule has 6 heteroatoms. The van der Waals surface area contributed by atoms with Crippen LogP contribution in [0, 0.1) is 17.8 Å². The predicted molar refractivity (Wildman–Crippen MR) is 144 cm³/mol. The van der Waals surface area contributed by atoms with E-state index in [1.165, 1.54) is 0 Å². The van der Waals surface area contributed by atoms with E-state index in [0.29, 0.717) is 19.3 Å². The molecule has 0 bridgehead atoms. The smallest absolute Gasteiger partial charge is 0.234 e. The van der Waals surface area contributed by atoms with Crippen LogP contribution in [0.15, 0.2) is 41.0 Å². The molecule has 3 N–H and O–H groups in total. The Morgan fingerprint density at radius 3 is 2.54 bits per heavy atom. The van der Waals surface area contributed by atoms with Gasteiger partial charge in [0, 0.05) is 12.0 Å². The lowest BCUT2D eigenvalue weighted by Gasteiger charge is -2.36. The molecule has 2 aliphatic carbocycles. The van der Waals surface area contributed by atoms with Gasteiger partial charge in [0.2, 0.25) is 11.8 Å². The van der Waals surface area contributed by atoms with E-state index in [2.05, 4.69) is 19.9 Å². The summed E-state index contributed by atoms with van der Waals surface area (Å²) in [6, 6.07) is 7.10. The number of amides is 2. The van der Waals surface area contributed by atoms with Crippen LogP contribution < -0.4 is 0 Å². The van der Waals surface area contributed by atoms with Crippen molar-refractivity contribution in [3.63, 3.8) is 0 Å². The minimum atomic E-state index is -0.773. The molecule has 1 aromatic rings. The zero-order valence-corrected chi connectivity index (χ0v) is 22.4. The summed E-state index contributed by atoms with van der Waals surface area (Å²) in [6.07, 6.45) is 10.4. The number of likely N-dealkylation sites (tertiary alicyclic amines) is 1. The van der Waals surface area contributed by atoms with Gasteiger partial charge in [0.05, 0.1) is 24.5 Å². The van der Waals surface area contributed by atoms with Crippen molar-refractivity contribution < 1.29 is 24.9 Å². The Morgan fingerprint density at radius 2 is 1.89 bits per heavy atom. The number of allylic oxidation sites excluding steroid dienone is 2. The molecule has 4 rings (SSSR count). The number of carbonyl (C=O) groups excluding carboxylic acids is 2. The maximum absolute atomic E-state index is 13.7. The van der Waals surface area contributed by atoms with E-state index in [0.717, 1.165) is 73.6 Å². The largest absolute Gasteiger partial charge is 0.508 e. The van der Waals surface area contributed by atoms with E-state index in [9.17, 15) is 24.9 Å². The highest BCUT2D eigenvalue weighted by Gasteiger charge is 2.56. The number of hydrogen-bond acceptors (Lipinski definition) is 5. The molecule has 0 aromatic heterocycles. The SMILES string of the molecule is CCCC1=C([C@H](O)CC/C(=C/c2cccc(O)c2)CC)[C@H](CO)[C@@H]2C(=O)N(C3CCCCC3)C(=O)[C@@H]2C1. The highest BCUT2D eigenvalue weighted by atomic mass is 16.3. The number of phenols is 1. The quantitative estimate of drug-likeness (QED) is 0.291. The number of aliphatic hydroxyl groups is 2. The van der Waals surface area contributed by atoms with Crippen LogP contribution >= 0.6 is 0 Å². The zero-order valence-electron chi connectivity index (χ0n) is 22.4. The van der Waals surface area contributed by atoms with Gasteiger partial charge >= 0.3 is 0 Å². The summed E-state index contributed by atoms with van der Waals surface area (Å²) in [7, 11) is 0. The lowest BCUT2D eigenvalue weighted by atomic mass is 9.67. The van der Waals surface area contributed by atoms with E-state index < -0.39 is 23.9 Å². The summed E-state index contributed by atoms with van der Waals surface area (Å²) in [5.74, 6) is -1.48. The maximum atomic E-state index is 13.7. The van der Waals surface area contributed by atoms with E-state index in [4.69, 9.17) is 0 Å². The van der Waals surface area contributed by atoms with Gasteiger partial charge in [0.1, 0.15) is 5.75 Å². The first-order chi connectivity index (χ1) is 17.9. The first-order valence-corrected chi connectivity index (χ1v) is 14.3. The average Bonchev–Trinajstić information content (AvgIpc) is 3.15. The molecule has 6 nitrogen and oxygen atoms in total. The molecule has 1 aromatic carbocycles. The summed E-state index contributed by atoms with van der Waals surface area (Å²) >= 11 is 0. The van der Waals surface area contributed by atoms with Gasteiger partial charge in [-0.3, -0.25) is 14.5 Å². The topological polar surface area (TPSA) is 98.1 Å². The number of rotatable bonds is 10. The van der Waals surface area contributed by atoms with Gasteiger partial charge in [-0.25, -0.2) is 0 Å². The van der Waals surface area contributed by atoms with Crippen molar-refractivity contribution in [2.24, 2.45) is 17.8 Å². The fourth-order valence-corrected chi connectivity index (χ4v) is 6.90. The molecular formula is C31H43NO5. The number of aliphatic hydroxyl groups excluding tert-OH is 2. The van der Waals surface area contributed by atoms with Gasteiger partial charge in [0.15, 0.2) is 0 Å². The Morgan fingerprint density at radius 1 is 1.14 bits per heavy atom. The van der Waals surface area contributed by atoms with Gasteiger partial charge in [-0.2, -0.15) is 0 Å². The lowest BCUT2D eigenvalue weighted by Crippen LogP contribution is -2.42. The number of hydrogen-bond donors (Lipinski definition) is 3. The summed E-state index contributed by atoms with van der Waals surface area (Å²) in [5.41, 5.74) is 3.93. The van der Waals surface area contributed by atoms with Gasteiger partial charge in [-0.05, 0) is 68.2 Å². The number of imide groups is 1. The Kier molecular flexibility index (Phi) is 9.25. The van der Waals surface area contributed by atoms with Crippen molar-refractivity contribution in [3.05, 3.63) is 46.5 Å². The summed E-state index contributed by atoms with van der Waals surface area (Å²) in [4.78, 5) is 28.7. The van der Waals surface area contributed by atoms with Crippen molar-refractivity contribution >= 4 is 17.9 Å². The minimum absolute atomic E-state index is 0.0173. The van der Waals surface area contributed by atoms with Crippen molar-refractivity contribution in [1.29, 1.82) is 0 Å². The highest BCUT2D eigenvalue weighted by Crippen LogP contribution is 2.48. The molecule has 0 spiro atoms. The molecule has 3 aliphatic rings. The van der Waals surface area contributed by atoms with Gasteiger partial charge in [0.25, 0.3) is 0 Å². The van der Waals surface area contributed by atoms with Crippen LogP contribution in [0.25, 0.3) is 6.08 Å². The van der Waals surface area contributed by atoms with Crippen LogP contribution in [0.2, 0.25) is 0 Å². The first kappa shape index (κ1) is 27.6. The van der Waals surface area contributed by atoms with E-state index >= 15 is 0 Å². The van der Waals surface area contributed by atoms with Crippen molar-refractivity contribution in [2.45, 2.75) is 96.6 Å². The Labute approximate surface area is 221 Å². The number of aromatic hydroxyl groups is 1. The number of fused-ring (bicyclic) bond motifs is 1. The summed E-state index contributed by atoms with van der Waals surface area (Å²) in [5, 5.41) is 31.8. The van der Waals surface area contributed by atoms with Crippen LogP contribution in [0.3, 0.4) is 0 Å². The molecule has 1 aliphatic heterocycles. The molecule has 1 heterocycles. The zero-order chi connectivity index (χ0) is 26.5. The molecule has 1 saturated carbocycles. The Hall–Kier alpha value is -2.44. The third-order valence-corrected chi connectivity index (χ3v) is 8.70.